The highest BCUT2D eigenvalue weighted by Gasteiger charge is 2.05. The lowest BCUT2D eigenvalue weighted by Gasteiger charge is -2.15. The van der Waals surface area contributed by atoms with Crippen LogP contribution in [0.3, 0.4) is 0 Å². The first kappa shape index (κ1) is 15.2. The van der Waals surface area contributed by atoms with Crippen molar-refractivity contribution in [1.82, 2.24) is 5.32 Å². The summed E-state index contributed by atoms with van der Waals surface area (Å²) in [5.41, 5.74) is 1.89. The number of hydrogen-bond donors (Lipinski definition) is 1. The van der Waals surface area contributed by atoms with Crippen LogP contribution in [0, 0.1) is 18.7 Å². The van der Waals surface area contributed by atoms with Gasteiger partial charge in [-0.05, 0) is 43.0 Å². The fourth-order valence-electron chi connectivity index (χ4n) is 2.18. The van der Waals surface area contributed by atoms with Crippen LogP contribution in [-0.4, -0.2) is 6.54 Å². The fourth-order valence-corrected chi connectivity index (χ4v) is 2.18. The molecule has 0 amide bonds. The van der Waals surface area contributed by atoms with E-state index >= 15 is 0 Å². The topological polar surface area (TPSA) is 12.0 Å². The predicted octanol–water partition coefficient (Wildman–Crippen LogP) is 4.44. The van der Waals surface area contributed by atoms with Crippen molar-refractivity contribution in [1.29, 1.82) is 0 Å². The van der Waals surface area contributed by atoms with Crippen molar-refractivity contribution in [2.24, 2.45) is 5.92 Å². The second-order valence-corrected chi connectivity index (χ2v) is 5.13. The number of unbranched alkanes of at least 4 members (excludes halogenated alkanes) is 1. The lowest BCUT2D eigenvalue weighted by atomic mass is 9.99. The van der Waals surface area contributed by atoms with Crippen LogP contribution in [0.15, 0.2) is 18.2 Å². The van der Waals surface area contributed by atoms with Crippen LogP contribution >= 0.6 is 0 Å². The molecule has 0 aliphatic heterocycles. The van der Waals surface area contributed by atoms with E-state index in [0.717, 1.165) is 24.6 Å². The maximum Gasteiger partial charge on any atom is 0.126 e. The summed E-state index contributed by atoms with van der Waals surface area (Å²) in [5.74, 6) is 0.652. The minimum Gasteiger partial charge on any atom is -0.312 e. The Kier molecular flexibility index (Phi) is 6.96. The highest BCUT2D eigenvalue weighted by Crippen LogP contribution is 2.12. The third-order valence-electron chi connectivity index (χ3n) is 3.53. The highest BCUT2D eigenvalue weighted by atomic mass is 19.1. The van der Waals surface area contributed by atoms with Gasteiger partial charge in [-0.3, -0.25) is 0 Å². The molecule has 1 unspecified atom stereocenters. The molecule has 0 saturated heterocycles. The van der Waals surface area contributed by atoms with Gasteiger partial charge in [0.15, 0.2) is 0 Å². The summed E-state index contributed by atoms with van der Waals surface area (Å²) in [5, 5.41) is 3.49. The molecule has 0 aliphatic rings. The molecular formula is C16H26FN. The Morgan fingerprint density at radius 3 is 2.67 bits per heavy atom. The molecule has 0 aliphatic carbocycles. The minimum absolute atomic E-state index is 0.117. The molecule has 1 aromatic carbocycles. The van der Waals surface area contributed by atoms with E-state index in [9.17, 15) is 4.39 Å². The predicted molar refractivity (Wildman–Crippen MR) is 76.1 cm³/mol. The number of aryl methyl sites for hydroxylation is 1. The molecule has 0 fully saturated rings. The fraction of sp³-hybridized carbons (Fsp3) is 0.625. The summed E-state index contributed by atoms with van der Waals surface area (Å²) in [4.78, 5) is 0. The smallest absolute Gasteiger partial charge is 0.126 e. The van der Waals surface area contributed by atoms with Crippen LogP contribution in [0.1, 0.15) is 50.7 Å². The molecule has 0 aromatic heterocycles. The number of rotatable bonds is 8. The molecule has 2 heteroatoms. The quantitative estimate of drug-likeness (QED) is 0.720. The van der Waals surface area contributed by atoms with Gasteiger partial charge in [0.05, 0.1) is 0 Å². The van der Waals surface area contributed by atoms with Crippen molar-refractivity contribution in [3.8, 4) is 0 Å². The van der Waals surface area contributed by atoms with E-state index in [1.807, 2.05) is 19.1 Å². The second-order valence-electron chi connectivity index (χ2n) is 5.13. The number of benzene rings is 1. The van der Waals surface area contributed by atoms with Crippen LogP contribution in [0.25, 0.3) is 0 Å². The van der Waals surface area contributed by atoms with Gasteiger partial charge in [-0.15, -0.1) is 0 Å². The molecule has 0 heterocycles. The third-order valence-corrected chi connectivity index (χ3v) is 3.53. The molecule has 1 aromatic rings. The van der Waals surface area contributed by atoms with Crippen molar-refractivity contribution in [3.05, 3.63) is 35.1 Å². The molecule has 0 saturated carbocycles. The number of nitrogens with one attached hydrogen (secondary N) is 1. The monoisotopic (exact) mass is 251 g/mol. The molecule has 0 radical (unpaired) electrons. The minimum atomic E-state index is -0.117. The third kappa shape index (κ3) is 5.18. The largest absolute Gasteiger partial charge is 0.312 e. The lowest BCUT2D eigenvalue weighted by molar-refractivity contribution is 0.419. The van der Waals surface area contributed by atoms with Gasteiger partial charge in [0.25, 0.3) is 0 Å². The van der Waals surface area contributed by atoms with Crippen LogP contribution in [0.4, 0.5) is 4.39 Å². The lowest BCUT2D eigenvalue weighted by Crippen LogP contribution is -2.22. The molecule has 1 nitrogen and oxygen atoms in total. The Morgan fingerprint density at radius 2 is 2.06 bits per heavy atom. The highest BCUT2D eigenvalue weighted by molar-refractivity contribution is 5.23. The average Bonchev–Trinajstić information content (AvgIpc) is 2.37. The van der Waals surface area contributed by atoms with E-state index in [0.29, 0.717) is 0 Å². The molecule has 1 rings (SSSR count). The normalized spacial score (nSPS) is 12.7. The summed E-state index contributed by atoms with van der Waals surface area (Å²) in [6.07, 6.45) is 5.13. The zero-order valence-electron chi connectivity index (χ0n) is 11.9. The van der Waals surface area contributed by atoms with E-state index < -0.39 is 0 Å². The van der Waals surface area contributed by atoms with Gasteiger partial charge in [-0.2, -0.15) is 0 Å². The number of hydrogen-bond acceptors (Lipinski definition) is 1. The summed E-state index contributed by atoms with van der Waals surface area (Å²) < 4.78 is 13.1. The summed E-state index contributed by atoms with van der Waals surface area (Å²) >= 11 is 0. The first-order valence-corrected chi connectivity index (χ1v) is 7.13. The van der Waals surface area contributed by atoms with E-state index in [4.69, 9.17) is 0 Å². The molecular weight excluding hydrogens is 225 g/mol. The maximum atomic E-state index is 13.1. The van der Waals surface area contributed by atoms with Gasteiger partial charge in [-0.1, -0.05) is 45.2 Å². The Morgan fingerprint density at radius 1 is 1.28 bits per heavy atom. The van der Waals surface area contributed by atoms with Crippen molar-refractivity contribution >= 4 is 0 Å². The van der Waals surface area contributed by atoms with Crippen LogP contribution in [0.5, 0.6) is 0 Å². The molecule has 18 heavy (non-hydrogen) atoms. The van der Waals surface area contributed by atoms with E-state index in [-0.39, 0.29) is 5.82 Å². The Balaban J connectivity index is 2.33. The van der Waals surface area contributed by atoms with Gasteiger partial charge >= 0.3 is 0 Å². The van der Waals surface area contributed by atoms with Crippen LogP contribution in [-0.2, 0) is 6.54 Å². The van der Waals surface area contributed by atoms with Gasteiger partial charge in [0.2, 0.25) is 0 Å². The van der Waals surface area contributed by atoms with Crippen molar-refractivity contribution < 1.29 is 4.39 Å². The summed E-state index contributed by atoms with van der Waals surface area (Å²) in [6.45, 7) is 8.21. The standard InChI is InChI=1S/C16H26FN/c1-4-6-7-14(5-2)11-18-12-15-8-9-16(17)13(3)10-15/h8-10,14,18H,4-7,11-12H2,1-3H3. The van der Waals surface area contributed by atoms with E-state index in [1.165, 1.54) is 31.2 Å². The first-order chi connectivity index (χ1) is 8.67. The van der Waals surface area contributed by atoms with E-state index in [2.05, 4.69) is 19.2 Å². The average molecular weight is 251 g/mol. The second kappa shape index (κ2) is 8.25. The van der Waals surface area contributed by atoms with Crippen LogP contribution in [0.2, 0.25) is 0 Å². The Labute approximate surface area is 111 Å². The summed E-state index contributed by atoms with van der Waals surface area (Å²) in [6, 6.07) is 5.35. The molecule has 0 spiro atoms. The van der Waals surface area contributed by atoms with Gasteiger partial charge in [0, 0.05) is 6.54 Å². The van der Waals surface area contributed by atoms with E-state index in [1.54, 1.807) is 6.07 Å². The van der Waals surface area contributed by atoms with Gasteiger partial charge < -0.3 is 5.32 Å². The van der Waals surface area contributed by atoms with Gasteiger partial charge in [0.1, 0.15) is 5.82 Å². The maximum absolute atomic E-state index is 13.1. The Bertz CT molecular complexity index is 349. The van der Waals surface area contributed by atoms with Crippen LogP contribution < -0.4 is 5.32 Å². The molecule has 1 atom stereocenters. The Hall–Kier alpha value is -0.890. The molecule has 1 N–H and O–H groups in total. The first-order valence-electron chi connectivity index (χ1n) is 7.13. The van der Waals surface area contributed by atoms with Crippen molar-refractivity contribution in [2.75, 3.05) is 6.54 Å². The van der Waals surface area contributed by atoms with Gasteiger partial charge in [-0.25, -0.2) is 4.39 Å². The zero-order chi connectivity index (χ0) is 13.4. The molecule has 102 valence electrons. The summed E-state index contributed by atoms with van der Waals surface area (Å²) in [7, 11) is 0. The zero-order valence-corrected chi connectivity index (χ0v) is 11.9. The number of halogens is 1. The molecule has 0 bridgehead atoms. The van der Waals surface area contributed by atoms with Crippen molar-refractivity contribution in [2.45, 2.75) is 53.0 Å². The SMILES string of the molecule is CCCCC(CC)CNCc1ccc(F)c(C)c1. The van der Waals surface area contributed by atoms with Crippen molar-refractivity contribution in [3.63, 3.8) is 0 Å².